The summed E-state index contributed by atoms with van der Waals surface area (Å²) in [6.45, 7) is 1.48. The summed E-state index contributed by atoms with van der Waals surface area (Å²) in [5, 5.41) is 8.90. The van der Waals surface area contributed by atoms with Gasteiger partial charge in [-0.3, -0.25) is 4.79 Å². The van der Waals surface area contributed by atoms with Crippen LogP contribution < -0.4 is 0 Å². The summed E-state index contributed by atoms with van der Waals surface area (Å²) in [5.41, 5.74) is 0. The molecule has 0 radical (unpaired) electrons. The van der Waals surface area contributed by atoms with Gasteiger partial charge in [-0.25, -0.2) is 0 Å². The molecule has 0 aromatic rings. The normalized spacial score (nSPS) is 9.77. The molecule has 4 nitrogen and oxygen atoms in total. The molecule has 1 atom stereocenters. The lowest BCUT2D eigenvalue weighted by Gasteiger charge is -2.07. The number of aliphatic hydroxyl groups is 1. The Kier molecular flexibility index (Phi) is 24.5. The molecule has 0 aromatic carbocycles. The molecule has 0 fully saturated rings. The molecule has 0 spiro atoms. The number of methoxy groups -OCH3 is 1. The monoisotopic (exact) mass is 196 g/mol. The van der Waals surface area contributed by atoms with Gasteiger partial charge >= 0.3 is 5.97 Å². The number of hydrogen-bond acceptors (Lipinski definition) is 4. The van der Waals surface area contributed by atoms with Crippen molar-refractivity contribution in [2.45, 2.75) is 35.3 Å². The Balaban J connectivity index is -0.000000135. The second kappa shape index (κ2) is 13.9. The lowest BCUT2D eigenvalue weighted by atomic mass is 10.4. The van der Waals surface area contributed by atoms with Gasteiger partial charge < -0.3 is 14.6 Å². The molecule has 0 aliphatic heterocycles. The fourth-order valence-corrected chi connectivity index (χ4v) is 0.454. The van der Waals surface area contributed by atoms with Gasteiger partial charge in [-0.05, 0) is 0 Å². The van der Waals surface area contributed by atoms with E-state index in [1.165, 1.54) is 14.0 Å². The highest BCUT2D eigenvalue weighted by Crippen LogP contribution is 1.85. The maximum absolute atomic E-state index is 10.2. The first-order valence-corrected chi connectivity index (χ1v) is 2.97. The smallest absolute Gasteiger partial charge is 0.302 e. The maximum Gasteiger partial charge on any atom is 0.302 e. The Morgan fingerprint density at radius 3 is 2.08 bits per heavy atom. The van der Waals surface area contributed by atoms with Crippen molar-refractivity contribution in [3.63, 3.8) is 0 Å². The zero-order valence-corrected chi connectivity index (χ0v) is 6.16. The fourth-order valence-electron chi connectivity index (χ4n) is 0.454. The quantitative estimate of drug-likeness (QED) is 0.692. The molecule has 1 unspecified atom stereocenters. The Labute approximate surface area is 81.9 Å². The molecule has 0 aromatic heterocycles. The van der Waals surface area contributed by atoms with Crippen molar-refractivity contribution in [3.05, 3.63) is 0 Å². The highest BCUT2D eigenvalue weighted by molar-refractivity contribution is 5.65. The minimum absolute atomic E-state index is 0. The molecule has 0 rings (SSSR count). The second-order valence-electron chi connectivity index (χ2n) is 1.91. The van der Waals surface area contributed by atoms with Crippen molar-refractivity contribution in [3.8, 4) is 0 Å². The third kappa shape index (κ3) is 18.4. The third-order valence-corrected chi connectivity index (χ3v) is 0.838. The number of hydrogen-bond donors (Lipinski definition) is 1. The Morgan fingerprint density at radius 1 is 1.31 bits per heavy atom. The van der Waals surface area contributed by atoms with Crippen LogP contribution in [0.1, 0.15) is 29.2 Å². The fraction of sp³-hybridized carbons (Fsp3) is 0.889. The maximum atomic E-state index is 10.2. The lowest BCUT2D eigenvalue weighted by molar-refractivity contribution is -0.144. The van der Waals surface area contributed by atoms with Gasteiger partial charge in [0.1, 0.15) is 12.7 Å². The van der Waals surface area contributed by atoms with Gasteiger partial charge in [-0.1, -0.05) is 22.3 Å². The second-order valence-corrected chi connectivity index (χ2v) is 1.91. The van der Waals surface area contributed by atoms with Crippen molar-refractivity contribution >= 4 is 5.97 Å². The van der Waals surface area contributed by atoms with Crippen LogP contribution >= 0.6 is 0 Å². The minimum atomic E-state index is -0.714. The number of esters is 1. The van der Waals surface area contributed by atoms with Gasteiger partial charge in [0.25, 0.3) is 0 Å². The van der Waals surface area contributed by atoms with Gasteiger partial charge in [0.05, 0.1) is 6.61 Å². The van der Waals surface area contributed by atoms with Crippen molar-refractivity contribution in [2.75, 3.05) is 20.3 Å². The number of ether oxygens (including phenoxy) is 2. The molecule has 13 heavy (non-hydrogen) atoms. The van der Waals surface area contributed by atoms with E-state index in [1.807, 2.05) is 0 Å². The van der Waals surface area contributed by atoms with Crippen LogP contribution in [0, 0.1) is 0 Å². The van der Waals surface area contributed by atoms with E-state index in [1.54, 1.807) is 0 Å². The van der Waals surface area contributed by atoms with Crippen molar-refractivity contribution < 1.29 is 19.4 Å². The SMILES string of the molecule is C.C.C.COCC(O)COC(C)=O. The van der Waals surface area contributed by atoms with E-state index in [4.69, 9.17) is 5.11 Å². The predicted molar refractivity (Wildman–Crippen MR) is 54.7 cm³/mol. The summed E-state index contributed by atoms with van der Waals surface area (Å²) < 4.78 is 9.08. The van der Waals surface area contributed by atoms with Crippen LogP contribution in [0.3, 0.4) is 0 Å². The zero-order chi connectivity index (χ0) is 7.98. The summed E-state index contributed by atoms with van der Waals surface area (Å²) in [5.74, 6) is -0.393. The molecule has 0 amide bonds. The third-order valence-electron chi connectivity index (χ3n) is 0.838. The first-order valence-electron chi connectivity index (χ1n) is 2.97. The van der Waals surface area contributed by atoms with Gasteiger partial charge in [0.15, 0.2) is 0 Å². The Hall–Kier alpha value is -0.610. The molecule has 0 saturated carbocycles. The van der Waals surface area contributed by atoms with E-state index in [0.717, 1.165) is 0 Å². The van der Waals surface area contributed by atoms with Crippen molar-refractivity contribution in [2.24, 2.45) is 0 Å². The summed E-state index contributed by atoms with van der Waals surface area (Å²) in [6.07, 6.45) is -0.714. The molecule has 1 N–H and O–H groups in total. The van der Waals surface area contributed by atoms with Crippen LogP contribution in [0.4, 0.5) is 0 Å². The molecule has 0 aliphatic rings. The summed E-state index contributed by atoms with van der Waals surface area (Å²) >= 11 is 0. The standard InChI is InChI=1S/C6H12O4.3CH4/c1-5(7)10-4-6(8)3-9-2;;;/h6,8H,3-4H2,1-2H3;3*1H4. The summed E-state index contributed by atoms with van der Waals surface area (Å²) in [6, 6.07) is 0. The van der Waals surface area contributed by atoms with Gasteiger partial charge in [-0.15, -0.1) is 0 Å². The van der Waals surface area contributed by atoms with Gasteiger partial charge in [0.2, 0.25) is 0 Å². The first kappa shape index (κ1) is 22.8. The molecule has 0 heterocycles. The van der Waals surface area contributed by atoms with E-state index in [9.17, 15) is 4.79 Å². The zero-order valence-electron chi connectivity index (χ0n) is 6.16. The Bertz CT molecular complexity index is 104. The van der Waals surface area contributed by atoms with Gasteiger partial charge in [0, 0.05) is 14.0 Å². The van der Waals surface area contributed by atoms with E-state index >= 15 is 0 Å². The molecular weight excluding hydrogens is 172 g/mol. The topological polar surface area (TPSA) is 55.8 Å². The molecule has 84 valence electrons. The average molecular weight is 196 g/mol. The molecule has 0 bridgehead atoms. The van der Waals surface area contributed by atoms with Crippen LogP contribution in [0.2, 0.25) is 0 Å². The molecule has 0 saturated heterocycles. The number of carbonyl (C=O) groups is 1. The Morgan fingerprint density at radius 2 is 1.77 bits per heavy atom. The lowest BCUT2D eigenvalue weighted by Crippen LogP contribution is -2.22. The van der Waals surface area contributed by atoms with E-state index in [-0.39, 0.29) is 35.5 Å². The predicted octanol–water partition coefficient (Wildman–Crippen LogP) is 1.47. The van der Waals surface area contributed by atoms with Crippen molar-refractivity contribution in [1.29, 1.82) is 0 Å². The molecule has 4 heteroatoms. The molecule has 0 aliphatic carbocycles. The number of aliphatic hydroxyl groups excluding tert-OH is 1. The van der Waals surface area contributed by atoms with E-state index in [2.05, 4.69) is 9.47 Å². The van der Waals surface area contributed by atoms with Crippen molar-refractivity contribution in [1.82, 2.24) is 0 Å². The largest absolute Gasteiger partial charge is 0.463 e. The van der Waals surface area contributed by atoms with Crippen LogP contribution in [0.15, 0.2) is 0 Å². The summed E-state index contributed by atoms with van der Waals surface area (Å²) in [7, 11) is 1.47. The van der Waals surface area contributed by atoms with Crippen LogP contribution in [-0.2, 0) is 14.3 Å². The van der Waals surface area contributed by atoms with E-state index < -0.39 is 12.1 Å². The molecular formula is C9H24O4. The number of rotatable bonds is 4. The van der Waals surface area contributed by atoms with Crippen LogP contribution in [0.25, 0.3) is 0 Å². The van der Waals surface area contributed by atoms with Gasteiger partial charge in [-0.2, -0.15) is 0 Å². The highest BCUT2D eigenvalue weighted by atomic mass is 16.5. The number of carbonyl (C=O) groups excluding carboxylic acids is 1. The van der Waals surface area contributed by atoms with Crippen LogP contribution in [0.5, 0.6) is 0 Å². The van der Waals surface area contributed by atoms with Crippen LogP contribution in [-0.4, -0.2) is 37.5 Å². The minimum Gasteiger partial charge on any atom is -0.463 e. The van der Waals surface area contributed by atoms with E-state index in [0.29, 0.717) is 0 Å². The summed E-state index contributed by atoms with van der Waals surface area (Å²) in [4.78, 5) is 10.2. The highest BCUT2D eigenvalue weighted by Gasteiger charge is 2.03. The first-order chi connectivity index (χ1) is 4.66. The average Bonchev–Trinajstić information content (AvgIpc) is 1.85.